The van der Waals surface area contributed by atoms with Crippen LogP contribution in [0.5, 0.6) is 0 Å². The molecule has 4 aromatic rings. The molecule has 5 rings (SSSR count). The Morgan fingerprint density at radius 3 is 2.33 bits per heavy atom. The van der Waals surface area contributed by atoms with Crippen LogP contribution in [0.1, 0.15) is 37.3 Å². The van der Waals surface area contributed by atoms with Gasteiger partial charge in [-0.05, 0) is 53.7 Å². The van der Waals surface area contributed by atoms with Crippen molar-refractivity contribution in [3.05, 3.63) is 59.1 Å². The van der Waals surface area contributed by atoms with Crippen LogP contribution in [-0.4, -0.2) is 60.7 Å². The number of carbonyl (C=O) groups is 1. The molecule has 0 aliphatic heterocycles. The molecule has 13 heteroatoms. The molecule has 0 spiro atoms. The summed E-state index contributed by atoms with van der Waals surface area (Å²) in [6, 6.07) is 9.89. The first-order chi connectivity index (χ1) is 17.1. The lowest BCUT2D eigenvalue weighted by Gasteiger charge is -2.28. The second-order valence-corrected chi connectivity index (χ2v) is 11.7. The Hall–Kier alpha value is -3.45. The minimum absolute atomic E-state index is 0.143. The normalized spacial score (nSPS) is 17.9. The van der Waals surface area contributed by atoms with Gasteiger partial charge in [-0.15, -0.1) is 0 Å². The van der Waals surface area contributed by atoms with E-state index in [1.807, 2.05) is 41.2 Å². The quantitative estimate of drug-likeness (QED) is 0.322. The zero-order chi connectivity index (χ0) is 26.0. The maximum absolute atomic E-state index is 11.9. The van der Waals surface area contributed by atoms with Gasteiger partial charge in [-0.25, -0.2) is 22.9 Å². The Kier molecular flexibility index (Phi) is 7.31. The van der Waals surface area contributed by atoms with Crippen molar-refractivity contribution in [1.29, 1.82) is 0 Å². The zero-order valence-corrected chi connectivity index (χ0v) is 21.7. The van der Waals surface area contributed by atoms with Crippen LogP contribution in [0, 0.1) is 0 Å². The van der Waals surface area contributed by atoms with E-state index in [2.05, 4.69) is 26.1 Å². The lowest BCUT2D eigenvalue weighted by Crippen LogP contribution is -2.26. The molecule has 1 fully saturated rings. The highest BCUT2D eigenvalue weighted by Crippen LogP contribution is 2.40. The minimum Gasteiger partial charge on any atom is -0.450 e. The van der Waals surface area contributed by atoms with Gasteiger partial charge in [0.15, 0.2) is 5.65 Å². The lowest BCUT2D eigenvalue weighted by molar-refractivity contribution is 0.137. The van der Waals surface area contributed by atoms with E-state index in [9.17, 15) is 8.42 Å². The number of hydrogen-bond donors (Lipinski definition) is 3. The van der Waals surface area contributed by atoms with Crippen molar-refractivity contribution in [2.75, 3.05) is 12.0 Å². The van der Waals surface area contributed by atoms with Gasteiger partial charge >= 0.3 is 6.16 Å². The van der Waals surface area contributed by atoms with Crippen molar-refractivity contribution in [3.8, 4) is 16.8 Å². The fourth-order valence-corrected chi connectivity index (χ4v) is 6.14. The van der Waals surface area contributed by atoms with Gasteiger partial charge in [0, 0.05) is 29.5 Å². The molecule has 0 atom stereocenters. The van der Waals surface area contributed by atoms with Gasteiger partial charge in [0.2, 0.25) is 0 Å². The Morgan fingerprint density at radius 2 is 1.72 bits per heavy atom. The van der Waals surface area contributed by atoms with Crippen molar-refractivity contribution >= 4 is 43.4 Å². The molecule has 3 aromatic heterocycles. The second-order valence-electron chi connectivity index (χ2n) is 8.58. The van der Waals surface area contributed by atoms with E-state index < -0.39 is 16.0 Å². The van der Waals surface area contributed by atoms with Gasteiger partial charge < -0.3 is 15.9 Å². The van der Waals surface area contributed by atoms with Crippen LogP contribution in [0.15, 0.2) is 53.4 Å². The number of benzene rings is 1. The van der Waals surface area contributed by atoms with Crippen LogP contribution >= 0.6 is 15.9 Å². The van der Waals surface area contributed by atoms with E-state index in [4.69, 9.17) is 25.7 Å². The van der Waals surface area contributed by atoms with Gasteiger partial charge in [0.25, 0.3) is 0 Å². The summed E-state index contributed by atoms with van der Waals surface area (Å²) in [6.45, 7) is 0. The molecule has 11 nitrogen and oxygen atoms in total. The predicted octanol–water partition coefficient (Wildman–Crippen LogP) is 4.22. The zero-order valence-electron chi connectivity index (χ0n) is 19.3. The number of sulfone groups is 1. The standard InChI is InChI=1S/C22H23BrN6O2S.CH2O3/c1-32(30,31)17-9-7-14(8-10-17)20-19(23)21(24)29-22(27-20)18(12-26-29)15-11-25-28(13-15)16-5-3-2-4-6-16;2-1(3)4/h2-6,11-14,17H,7-10,24H2,1H3;(H2,2,3,4). The summed E-state index contributed by atoms with van der Waals surface area (Å²) in [5.41, 5.74) is 10.6. The molecular formula is C23H25BrN6O5S. The van der Waals surface area contributed by atoms with E-state index >= 15 is 0 Å². The summed E-state index contributed by atoms with van der Waals surface area (Å²) in [4.78, 5) is 13.5. The third kappa shape index (κ3) is 5.36. The predicted molar refractivity (Wildman–Crippen MR) is 138 cm³/mol. The fraction of sp³-hybridized carbons (Fsp3) is 0.304. The van der Waals surface area contributed by atoms with Crippen LogP contribution in [0.4, 0.5) is 10.6 Å². The SMILES string of the molecule is CS(=O)(=O)C1CCC(c2nc3c(-c4cnn(-c5ccccc5)c4)cnn3c(N)c2Br)CC1.O=C(O)O. The lowest BCUT2D eigenvalue weighted by atomic mass is 9.86. The van der Waals surface area contributed by atoms with Crippen molar-refractivity contribution in [1.82, 2.24) is 24.4 Å². The third-order valence-corrected chi connectivity index (χ3v) is 8.72. The van der Waals surface area contributed by atoms with Crippen LogP contribution in [0.3, 0.4) is 0 Å². The molecule has 0 amide bonds. The first-order valence-electron chi connectivity index (χ1n) is 11.1. The number of fused-ring (bicyclic) bond motifs is 1. The molecule has 1 aliphatic carbocycles. The summed E-state index contributed by atoms with van der Waals surface area (Å²) in [6.07, 6.45) is 7.77. The summed E-state index contributed by atoms with van der Waals surface area (Å²) in [5.74, 6) is 0.626. The molecule has 0 saturated heterocycles. The third-order valence-electron chi connectivity index (χ3n) is 6.23. The van der Waals surface area contributed by atoms with Gasteiger partial charge in [0.05, 0.1) is 33.5 Å². The van der Waals surface area contributed by atoms with Gasteiger partial charge in [-0.3, -0.25) is 0 Å². The number of rotatable bonds is 4. The van der Waals surface area contributed by atoms with Crippen LogP contribution in [0.25, 0.3) is 22.5 Å². The maximum atomic E-state index is 11.9. The summed E-state index contributed by atoms with van der Waals surface area (Å²) in [7, 11) is -3.02. The molecule has 190 valence electrons. The molecule has 1 aliphatic rings. The number of para-hydroxylation sites is 1. The molecule has 0 bridgehead atoms. The number of nitrogen functional groups attached to an aromatic ring is 1. The van der Waals surface area contributed by atoms with Crippen molar-refractivity contribution in [2.45, 2.75) is 36.9 Å². The number of hydrogen-bond acceptors (Lipinski definition) is 7. The number of anilines is 1. The highest BCUT2D eigenvalue weighted by molar-refractivity contribution is 9.10. The Bertz CT molecular complexity index is 1490. The molecule has 36 heavy (non-hydrogen) atoms. The number of nitrogens with zero attached hydrogens (tertiary/aromatic N) is 5. The summed E-state index contributed by atoms with van der Waals surface area (Å²) in [5, 5.41) is 22.6. The van der Waals surface area contributed by atoms with E-state index in [0.29, 0.717) is 24.3 Å². The smallest absolute Gasteiger partial charge is 0.450 e. The Balaban J connectivity index is 0.000000709. The maximum Gasteiger partial charge on any atom is 0.503 e. The van der Waals surface area contributed by atoms with Gasteiger partial charge in [-0.2, -0.15) is 14.7 Å². The Morgan fingerprint density at radius 1 is 1.08 bits per heavy atom. The van der Waals surface area contributed by atoms with Crippen LogP contribution < -0.4 is 5.73 Å². The van der Waals surface area contributed by atoms with Gasteiger partial charge in [0.1, 0.15) is 15.7 Å². The first-order valence-corrected chi connectivity index (χ1v) is 13.8. The molecule has 1 saturated carbocycles. The van der Waals surface area contributed by atoms with Crippen molar-refractivity contribution in [3.63, 3.8) is 0 Å². The van der Waals surface area contributed by atoms with Crippen LogP contribution in [-0.2, 0) is 9.84 Å². The average molecular weight is 577 g/mol. The first kappa shape index (κ1) is 25.6. The average Bonchev–Trinajstić information content (AvgIpc) is 3.48. The number of carboxylic acid groups (broad SMARTS) is 2. The summed E-state index contributed by atoms with van der Waals surface area (Å²) < 4.78 is 28.0. The summed E-state index contributed by atoms with van der Waals surface area (Å²) >= 11 is 3.61. The topological polar surface area (TPSA) is 166 Å². The number of halogens is 1. The minimum atomic E-state index is -3.02. The molecular weight excluding hydrogens is 552 g/mol. The second kappa shape index (κ2) is 10.3. The molecule has 3 heterocycles. The van der Waals surface area contributed by atoms with Gasteiger partial charge in [-0.1, -0.05) is 18.2 Å². The van der Waals surface area contributed by atoms with Crippen molar-refractivity contribution < 1.29 is 23.4 Å². The van der Waals surface area contributed by atoms with E-state index in [1.165, 1.54) is 6.26 Å². The monoisotopic (exact) mass is 576 g/mol. The highest BCUT2D eigenvalue weighted by Gasteiger charge is 2.31. The number of aromatic nitrogens is 5. The fourth-order valence-electron chi connectivity index (χ4n) is 4.44. The van der Waals surface area contributed by atoms with Crippen molar-refractivity contribution in [2.24, 2.45) is 0 Å². The van der Waals surface area contributed by atoms with E-state index in [-0.39, 0.29) is 11.2 Å². The number of nitrogens with two attached hydrogens (primary N) is 1. The Labute approximate surface area is 215 Å². The van der Waals surface area contributed by atoms with E-state index in [0.717, 1.165) is 39.8 Å². The largest absolute Gasteiger partial charge is 0.503 e. The molecule has 0 unspecified atom stereocenters. The molecule has 4 N–H and O–H groups in total. The highest BCUT2D eigenvalue weighted by atomic mass is 79.9. The molecule has 0 radical (unpaired) electrons. The van der Waals surface area contributed by atoms with Crippen LogP contribution in [0.2, 0.25) is 0 Å². The molecule has 1 aromatic carbocycles. The van der Waals surface area contributed by atoms with E-state index in [1.54, 1.807) is 16.9 Å².